The van der Waals surface area contributed by atoms with Crippen molar-refractivity contribution < 1.29 is 19.4 Å². The fourth-order valence-corrected chi connectivity index (χ4v) is 3.71. The van der Waals surface area contributed by atoms with Crippen LogP contribution in [0.15, 0.2) is 0 Å². The fraction of sp³-hybridized carbons (Fsp3) is 0.846. The first-order valence-electron chi connectivity index (χ1n) is 6.87. The van der Waals surface area contributed by atoms with Gasteiger partial charge in [0, 0.05) is 24.6 Å². The number of carbonyl (C=O) groups excluding carboxylic acids is 1. The van der Waals surface area contributed by atoms with Crippen LogP contribution >= 0.6 is 11.8 Å². The molecule has 0 aromatic rings. The summed E-state index contributed by atoms with van der Waals surface area (Å²) in [6, 6.07) is -0.262. The molecule has 1 N–H and O–H groups in total. The molecule has 1 atom stereocenters. The van der Waals surface area contributed by atoms with E-state index >= 15 is 0 Å². The number of rotatable bonds is 2. The summed E-state index contributed by atoms with van der Waals surface area (Å²) in [7, 11) is 0. The van der Waals surface area contributed by atoms with E-state index in [1.165, 1.54) is 0 Å². The standard InChI is InChI=1S/C13H22N2O4S/c1-13(2)9-19-5-3-15(13)12(18)14-4-6-20-8-10(14)7-11(16)17/h10H,3-9H2,1-2H3,(H,16,17). The minimum atomic E-state index is -0.850. The Kier molecular flexibility index (Phi) is 4.80. The molecular formula is C13H22N2O4S. The van der Waals surface area contributed by atoms with Gasteiger partial charge >= 0.3 is 12.0 Å². The average molecular weight is 302 g/mol. The quantitative estimate of drug-likeness (QED) is 0.827. The topological polar surface area (TPSA) is 70.1 Å². The van der Waals surface area contributed by atoms with Gasteiger partial charge in [-0.1, -0.05) is 0 Å². The van der Waals surface area contributed by atoms with Crippen LogP contribution in [0.2, 0.25) is 0 Å². The van der Waals surface area contributed by atoms with Crippen molar-refractivity contribution in [2.45, 2.75) is 31.8 Å². The Morgan fingerprint density at radius 2 is 2.15 bits per heavy atom. The van der Waals surface area contributed by atoms with Crippen LogP contribution < -0.4 is 0 Å². The number of urea groups is 1. The van der Waals surface area contributed by atoms with Crippen LogP contribution in [0, 0.1) is 0 Å². The van der Waals surface area contributed by atoms with E-state index in [-0.39, 0.29) is 24.0 Å². The van der Waals surface area contributed by atoms with Crippen LogP contribution in [0.5, 0.6) is 0 Å². The highest BCUT2D eigenvalue weighted by Crippen LogP contribution is 2.25. The summed E-state index contributed by atoms with van der Waals surface area (Å²) in [5.41, 5.74) is -0.340. The highest BCUT2D eigenvalue weighted by atomic mass is 32.2. The van der Waals surface area contributed by atoms with Gasteiger partial charge in [-0.3, -0.25) is 4.79 Å². The lowest BCUT2D eigenvalue weighted by Crippen LogP contribution is -2.61. The summed E-state index contributed by atoms with van der Waals surface area (Å²) < 4.78 is 5.43. The van der Waals surface area contributed by atoms with Crippen LogP contribution in [0.1, 0.15) is 20.3 Å². The first-order chi connectivity index (χ1) is 9.42. The van der Waals surface area contributed by atoms with Crippen molar-refractivity contribution in [3.05, 3.63) is 0 Å². The van der Waals surface area contributed by atoms with E-state index in [9.17, 15) is 9.59 Å². The number of aliphatic carboxylic acids is 1. The molecule has 2 heterocycles. The lowest BCUT2D eigenvalue weighted by Gasteiger charge is -2.46. The molecule has 0 saturated carbocycles. The molecule has 2 aliphatic rings. The molecule has 0 aliphatic carbocycles. The van der Waals surface area contributed by atoms with Gasteiger partial charge in [0.15, 0.2) is 0 Å². The molecule has 2 aliphatic heterocycles. The number of carboxylic acid groups (broad SMARTS) is 1. The van der Waals surface area contributed by atoms with Crippen molar-refractivity contribution in [2.24, 2.45) is 0 Å². The predicted molar refractivity (Wildman–Crippen MR) is 77.1 cm³/mol. The fourth-order valence-electron chi connectivity index (χ4n) is 2.65. The Morgan fingerprint density at radius 1 is 1.40 bits per heavy atom. The lowest BCUT2D eigenvalue weighted by atomic mass is 10.0. The number of nitrogens with zero attached hydrogens (tertiary/aromatic N) is 2. The molecular weight excluding hydrogens is 280 g/mol. The molecule has 0 radical (unpaired) electrons. The van der Waals surface area contributed by atoms with Crippen molar-refractivity contribution in [3.8, 4) is 0 Å². The minimum absolute atomic E-state index is 0.0174. The third-order valence-corrected chi connectivity index (χ3v) is 4.85. The zero-order chi connectivity index (χ0) is 14.8. The summed E-state index contributed by atoms with van der Waals surface area (Å²) in [6.45, 7) is 6.21. The Balaban J connectivity index is 2.10. The van der Waals surface area contributed by atoms with Gasteiger partial charge in [-0.15, -0.1) is 0 Å². The Bertz CT molecular complexity index is 389. The van der Waals surface area contributed by atoms with E-state index in [4.69, 9.17) is 9.84 Å². The number of ether oxygens (including phenoxy) is 1. The van der Waals surface area contributed by atoms with E-state index in [1.807, 2.05) is 18.7 Å². The second kappa shape index (κ2) is 6.22. The number of carbonyl (C=O) groups is 2. The van der Waals surface area contributed by atoms with Crippen molar-refractivity contribution in [2.75, 3.05) is 37.8 Å². The summed E-state index contributed by atoms with van der Waals surface area (Å²) >= 11 is 1.71. The monoisotopic (exact) mass is 302 g/mol. The van der Waals surface area contributed by atoms with Gasteiger partial charge in [-0.05, 0) is 13.8 Å². The Morgan fingerprint density at radius 3 is 2.80 bits per heavy atom. The highest BCUT2D eigenvalue weighted by molar-refractivity contribution is 7.99. The van der Waals surface area contributed by atoms with Gasteiger partial charge < -0.3 is 19.6 Å². The summed E-state index contributed by atoms with van der Waals surface area (Å²) in [4.78, 5) is 27.3. The maximum Gasteiger partial charge on any atom is 0.320 e. The molecule has 20 heavy (non-hydrogen) atoms. The molecule has 2 amide bonds. The van der Waals surface area contributed by atoms with E-state index in [1.54, 1.807) is 16.7 Å². The smallest absolute Gasteiger partial charge is 0.320 e. The van der Waals surface area contributed by atoms with Gasteiger partial charge in [-0.25, -0.2) is 4.79 Å². The minimum Gasteiger partial charge on any atom is -0.481 e. The molecule has 0 aromatic heterocycles. The van der Waals surface area contributed by atoms with Crippen molar-refractivity contribution >= 4 is 23.8 Å². The molecule has 2 rings (SSSR count). The van der Waals surface area contributed by atoms with Gasteiger partial charge in [0.05, 0.1) is 31.2 Å². The summed E-state index contributed by atoms with van der Waals surface area (Å²) in [6.07, 6.45) is 0.0174. The Hall–Kier alpha value is -0.950. The highest BCUT2D eigenvalue weighted by Gasteiger charge is 2.39. The van der Waals surface area contributed by atoms with Crippen LogP contribution in [0.25, 0.3) is 0 Å². The molecule has 1 unspecified atom stereocenters. The second-order valence-electron chi connectivity index (χ2n) is 5.82. The maximum atomic E-state index is 12.8. The van der Waals surface area contributed by atoms with Crippen LogP contribution in [-0.2, 0) is 9.53 Å². The number of amides is 2. The number of hydrogen-bond acceptors (Lipinski definition) is 4. The molecule has 0 bridgehead atoms. The van der Waals surface area contributed by atoms with E-state index in [2.05, 4.69) is 0 Å². The molecule has 2 fully saturated rings. The SMILES string of the molecule is CC1(C)COCCN1C(=O)N1CCSCC1CC(=O)O. The molecule has 2 saturated heterocycles. The summed E-state index contributed by atoms with van der Waals surface area (Å²) in [5.74, 6) is 0.714. The van der Waals surface area contributed by atoms with Crippen LogP contribution in [0.3, 0.4) is 0 Å². The average Bonchev–Trinajstić information content (AvgIpc) is 2.37. The largest absolute Gasteiger partial charge is 0.481 e. The van der Waals surface area contributed by atoms with E-state index < -0.39 is 5.97 Å². The normalized spacial score (nSPS) is 26.4. The predicted octanol–water partition coefficient (Wildman–Crippen LogP) is 1.11. The molecule has 6 nitrogen and oxygen atoms in total. The zero-order valence-electron chi connectivity index (χ0n) is 12.0. The van der Waals surface area contributed by atoms with E-state index in [0.29, 0.717) is 32.1 Å². The number of thioether (sulfide) groups is 1. The van der Waals surface area contributed by atoms with Crippen LogP contribution in [-0.4, -0.2) is 76.3 Å². The van der Waals surface area contributed by atoms with E-state index in [0.717, 1.165) is 5.75 Å². The molecule has 7 heteroatoms. The first-order valence-corrected chi connectivity index (χ1v) is 8.03. The van der Waals surface area contributed by atoms with Crippen molar-refractivity contribution in [1.82, 2.24) is 9.80 Å². The van der Waals surface area contributed by atoms with Crippen molar-refractivity contribution in [3.63, 3.8) is 0 Å². The third kappa shape index (κ3) is 3.38. The maximum absolute atomic E-state index is 12.8. The zero-order valence-corrected chi connectivity index (χ0v) is 12.8. The van der Waals surface area contributed by atoms with Gasteiger partial charge in [0.1, 0.15) is 0 Å². The Labute approximate surface area is 123 Å². The number of carboxylic acids is 1. The number of morpholine rings is 1. The van der Waals surface area contributed by atoms with Gasteiger partial charge in [0.25, 0.3) is 0 Å². The second-order valence-corrected chi connectivity index (χ2v) is 6.97. The van der Waals surface area contributed by atoms with Gasteiger partial charge in [0.2, 0.25) is 0 Å². The first kappa shape index (κ1) is 15.4. The molecule has 0 aromatic carbocycles. The lowest BCUT2D eigenvalue weighted by molar-refractivity contribution is -0.138. The molecule has 114 valence electrons. The molecule has 0 spiro atoms. The third-order valence-electron chi connectivity index (χ3n) is 3.76. The number of hydrogen-bond donors (Lipinski definition) is 1. The van der Waals surface area contributed by atoms with Gasteiger partial charge in [-0.2, -0.15) is 11.8 Å². The van der Waals surface area contributed by atoms with Crippen LogP contribution in [0.4, 0.5) is 4.79 Å². The summed E-state index contributed by atoms with van der Waals surface area (Å²) in [5, 5.41) is 9.00. The van der Waals surface area contributed by atoms with Crippen molar-refractivity contribution in [1.29, 1.82) is 0 Å².